The normalized spacial score (nSPS) is 23.4. The molecule has 1 saturated heterocycles. The molecule has 0 saturated carbocycles. The number of thiol groups is 1. The largest absolute Gasteiger partial charge is 0.494 e. The van der Waals surface area contributed by atoms with Crippen LogP contribution < -0.4 is 5.46 Å². The van der Waals surface area contributed by atoms with E-state index < -0.39 is 35.1 Å². The average Bonchev–Trinajstić information content (AvgIpc) is 2.57. The molecule has 22 heavy (non-hydrogen) atoms. The van der Waals surface area contributed by atoms with Crippen molar-refractivity contribution >= 4 is 25.2 Å². The van der Waals surface area contributed by atoms with Gasteiger partial charge in [0, 0.05) is 5.56 Å². The summed E-state index contributed by atoms with van der Waals surface area (Å²) in [6.07, 6.45) is -5.10. The highest BCUT2D eigenvalue weighted by Gasteiger charge is 2.55. The Morgan fingerprint density at radius 2 is 1.32 bits per heavy atom. The van der Waals surface area contributed by atoms with Gasteiger partial charge >= 0.3 is 13.3 Å². The van der Waals surface area contributed by atoms with E-state index in [0.29, 0.717) is 5.46 Å². The molecular formula is C14H17BF4O2S. The summed E-state index contributed by atoms with van der Waals surface area (Å²) in [7, 11) is -0.709. The maximum absolute atomic E-state index is 13.8. The molecule has 0 aliphatic carbocycles. The molecule has 0 N–H and O–H groups in total. The van der Waals surface area contributed by atoms with E-state index in [1.165, 1.54) is 12.1 Å². The third kappa shape index (κ3) is 2.88. The molecule has 2 nitrogen and oxygen atoms in total. The van der Waals surface area contributed by atoms with Crippen LogP contribution >= 0.6 is 12.6 Å². The van der Waals surface area contributed by atoms with Gasteiger partial charge < -0.3 is 9.31 Å². The molecule has 1 aromatic carbocycles. The first kappa shape index (κ1) is 17.6. The maximum atomic E-state index is 13.8. The van der Waals surface area contributed by atoms with E-state index in [1.54, 1.807) is 0 Å². The molecule has 1 heterocycles. The quantitative estimate of drug-likeness (QED) is 0.505. The van der Waals surface area contributed by atoms with Crippen LogP contribution in [0.15, 0.2) is 24.3 Å². The SMILES string of the molecule is CC1(C)OB(c2ccc(C(F)(S)C(F)(F)F)cc2)OC1(C)C. The van der Waals surface area contributed by atoms with Gasteiger partial charge in [-0.3, -0.25) is 0 Å². The lowest BCUT2D eigenvalue weighted by Gasteiger charge is -2.32. The zero-order valence-corrected chi connectivity index (χ0v) is 13.6. The van der Waals surface area contributed by atoms with Crippen molar-refractivity contribution in [3.8, 4) is 0 Å². The molecule has 0 spiro atoms. The summed E-state index contributed by atoms with van der Waals surface area (Å²) < 4.78 is 63.2. The molecular weight excluding hydrogens is 319 g/mol. The summed E-state index contributed by atoms with van der Waals surface area (Å²) in [6.45, 7) is 7.47. The molecule has 8 heteroatoms. The molecule has 1 aliphatic rings. The monoisotopic (exact) mass is 336 g/mol. The molecule has 0 amide bonds. The van der Waals surface area contributed by atoms with Gasteiger partial charge in [0.1, 0.15) is 0 Å². The van der Waals surface area contributed by atoms with Crippen LogP contribution in [0.1, 0.15) is 33.3 Å². The van der Waals surface area contributed by atoms with E-state index in [9.17, 15) is 17.6 Å². The van der Waals surface area contributed by atoms with Gasteiger partial charge in [-0.2, -0.15) is 13.2 Å². The molecule has 0 radical (unpaired) electrons. The number of hydrogen-bond acceptors (Lipinski definition) is 3. The Bertz CT molecular complexity index is 539. The van der Waals surface area contributed by atoms with Gasteiger partial charge in [-0.1, -0.05) is 24.3 Å². The van der Waals surface area contributed by atoms with E-state index in [4.69, 9.17) is 9.31 Å². The molecule has 1 aromatic rings. The predicted octanol–water partition coefficient (Wildman–Crippen LogP) is 3.60. The van der Waals surface area contributed by atoms with Crippen molar-refractivity contribution in [2.75, 3.05) is 0 Å². The van der Waals surface area contributed by atoms with Crippen molar-refractivity contribution in [2.24, 2.45) is 0 Å². The fourth-order valence-corrected chi connectivity index (χ4v) is 2.15. The number of hydrogen-bond donors (Lipinski definition) is 1. The molecule has 1 aliphatic heterocycles. The topological polar surface area (TPSA) is 18.5 Å². The Kier molecular flexibility index (Phi) is 4.12. The zero-order valence-electron chi connectivity index (χ0n) is 12.7. The van der Waals surface area contributed by atoms with E-state index in [-0.39, 0.29) is 0 Å². The number of benzene rings is 1. The van der Waals surface area contributed by atoms with Crippen LogP contribution in [-0.2, 0) is 14.3 Å². The van der Waals surface area contributed by atoms with Gasteiger partial charge in [-0.25, -0.2) is 4.39 Å². The Hall–Kier alpha value is -0.725. The predicted molar refractivity (Wildman–Crippen MR) is 80.0 cm³/mol. The second-order valence-corrected chi connectivity index (χ2v) is 6.95. The zero-order chi connectivity index (χ0) is 17.0. The minimum atomic E-state index is -5.10. The van der Waals surface area contributed by atoms with Crippen LogP contribution in [0.25, 0.3) is 0 Å². The van der Waals surface area contributed by atoms with Crippen LogP contribution in [0.5, 0.6) is 0 Å². The van der Waals surface area contributed by atoms with E-state index in [0.717, 1.165) is 12.1 Å². The van der Waals surface area contributed by atoms with Gasteiger partial charge in [0.15, 0.2) is 0 Å². The van der Waals surface area contributed by atoms with E-state index in [2.05, 4.69) is 12.6 Å². The molecule has 1 unspecified atom stereocenters. The molecule has 1 atom stereocenters. The lowest BCUT2D eigenvalue weighted by atomic mass is 9.78. The second kappa shape index (κ2) is 5.14. The summed E-state index contributed by atoms with van der Waals surface area (Å²) in [5.41, 5.74) is -1.18. The summed E-state index contributed by atoms with van der Waals surface area (Å²) in [4.78, 5) is 0. The lowest BCUT2D eigenvalue weighted by Crippen LogP contribution is -2.41. The van der Waals surface area contributed by atoms with Crippen LogP contribution in [0, 0.1) is 0 Å². The Morgan fingerprint density at radius 1 is 0.909 bits per heavy atom. The third-order valence-electron chi connectivity index (χ3n) is 4.19. The van der Waals surface area contributed by atoms with Gasteiger partial charge in [-0.05, 0) is 33.2 Å². The number of halogens is 4. The fraction of sp³-hybridized carbons (Fsp3) is 0.571. The van der Waals surface area contributed by atoms with Gasteiger partial charge in [0.25, 0.3) is 5.00 Å². The third-order valence-corrected chi connectivity index (χ3v) is 4.71. The standard InChI is InChI=1S/C14H17BF4O2S/c1-11(2)12(3,4)21-15(20-11)10-7-5-9(6-8-10)13(16,22)14(17,18)19/h5-8,22H,1-4H3. The lowest BCUT2D eigenvalue weighted by molar-refractivity contribution is -0.197. The minimum Gasteiger partial charge on any atom is -0.399 e. The van der Waals surface area contributed by atoms with Crippen LogP contribution in [0.3, 0.4) is 0 Å². The maximum Gasteiger partial charge on any atom is 0.494 e. The molecule has 1 fully saturated rings. The molecule has 0 bridgehead atoms. The fourth-order valence-electron chi connectivity index (χ4n) is 2.00. The molecule has 122 valence electrons. The van der Waals surface area contributed by atoms with Gasteiger partial charge in [-0.15, -0.1) is 12.6 Å². The van der Waals surface area contributed by atoms with Crippen LogP contribution in [0.2, 0.25) is 0 Å². The Balaban J connectivity index is 2.25. The summed E-state index contributed by atoms with van der Waals surface area (Å²) in [6, 6.07) is 4.79. The second-order valence-electron chi connectivity index (χ2n) is 6.33. The number of rotatable bonds is 2. The first-order chi connectivity index (χ1) is 9.78. The van der Waals surface area contributed by atoms with Crippen LogP contribution in [-0.4, -0.2) is 24.5 Å². The molecule has 0 aromatic heterocycles. The van der Waals surface area contributed by atoms with Crippen molar-refractivity contribution in [2.45, 2.75) is 50.1 Å². The minimum absolute atomic E-state index is 0.522. The first-order valence-corrected chi connectivity index (χ1v) is 7.17. The van der Waals surface area contributed by atoms with E-state index >= 15 is 0 Å². The highest BCUT2D eigenvalue weighted by molar-refractivity contribution is 7.81. The molecule has 2 rings (SSSR count). The van der Waals surface area contributed by atoms with Crippen molar-refractivity contribution in [1.29, 1.82) is 0 Å². The van der Waals surface area contributed by atoms with Gasteiger partial charge in [0.05, 0.1) is 11.2 Å². The average molecular weight is 336 g/mol. The van der Waals surface area contributed by atoms with Crippen molar-refractivity contribution in [1.82, 2.24) is 0 Å². The van der Waals surface area contributed by atoms with Crippen molar-refractivity contribution < 1.29 is 26.9 Å². The number of alkyl halides is 4. The summed E-state index contributed by atoms with van der Waals surface area (Å²) in [5, 5.41) is -3.69. The smallest absolute Gasteiger partial charge is 0.399 e. The van der Waals surface area contributed by atoms with E-state index in [1.807, 2.05) is 27.7 Å². The summed E-state index contributed by atoms with van der Waals surface area (Å²) >= 11 is 3.10. The van der Waals surface area contributed by atoms with Gasteiger partial charge in [0.2, 0.25) is 0 Å². The summed E-state index contributed by atoms with van der Waals surface area (Å²) in [5.74, 6) is 0. The Labute approximate surface area is 132 Å². The Morgan fingerprint density at radius 3 is 1.68 bits per heavy atom. The highest BCUT2D eigenvalue weighted by Crippen LogP contribution is 2.45. The van der Waals surface area contributed by atoms with Crippen molar-refractivity contribution in [3.05, 3.63) is 29.8 Å². The first-order valence-electron chi connectivity index (χ1n) is 6.72. The van der Waals surface area contributed by atoms with Crippen LogP contribution in [0.4, 0.5) is 17.6 Å². The van der Waals surface area contributed by atoms with Crippen molar-refractivity contribution in [3.63, 3.8) is 0 Å². The highest BCUT2D eigenvalue weighted by atomic mass is 32.1.